The maximum Gasteiger partial charge on any atom is 0.326 e. The first-order valence-corrected chi connectivity index (χ1v) is 10.0. The minimum absolute atomic E-state index is 0.138. The number of carbonyl (C=O) groups is 3. The molecule has 150 valence electrons. The minimum Gasteiger partial charge on any atom is -0.368 e. The van der Waals surface area contributed by atoms with Crippen molar-refractivity contribution in [3.8, 4) is 11.3 Å². The molecule has 1 aromatic carbocycles. The van der Waals surface area contributed by atoms with Crippen LogP contribution in [0.3, 0.4) is 0 Å². The lowest BCUT2D eigenvalue weighted by atomic mass is 9.89. The first kappa shape index (κ1) is 17.9. The molecule has 8 nitrogen and oxygen atoms in total. The molecule has 2 aromatic rings. The monoisotopic (exact) mass is 393 g/mol. The molecule has 3 aliphatic rings. The number of aromatic amines is 1. The maximum atomic E-state index is 13.5. The van der Waals surface area contributed by atoms with E-state index in [2.05, 4.69) is 15.5 Å². The Morgan fingerprint density at radius 3 is 2.76 bits per heavy atom. The molecule has 0 radical (unpaired) electrons. The lowest BCUT2D eigenvalue weighted by molar-refractivity contribution is -0.139. The van der Waals surface area contributed by atoms with Crippen LogP contribution in [0.1, 0.15) is 37.3 Å². The summed E-state index contributed by atoms with van der Waals surface area (Å²) in [6, 6.07) is 6.27. The summed E-state index contributed by atoms with van der Waals surface area (Å²) in [4.78, 5) is 39.7. The topological polar surface area (TPSA) is 121 Å². The van der Waals surface area contributed by atoms with Gasteiger partial charge in [0.15, 0.2) is 0 Å². The molecule has 2 aliphatic carbocycles. The molecule has 1 saturated carbocycles. The zero-order valence-corrected chi connectivity index (χ0v) is 16.1. The van der Waals surface area contributed by atoms with Gasteiger partial charge in [0.25, 0.3) is 5.91 Å². The minimum atomic E-state index is -1.12. The Bertz CT molecular complexity index is 1010. The number of hydrogen-bond donors (Lipinski definition) is 3. The molecule has 4 amide bonds. The van der Waals surface area contributed by atoms with E-state index in [0.29, 0.717) is 18.8 Å². The first-order valence-electron chi connectivity index (χ1n) is 10.0. The number of fused-ring (bicyclic) bond motifs is 2. The van der Waals surface area contributed by atoms with Crippen LogP contribution in [0.4, 0.5) is 4.79 Å². The van der Waals surface area contributed by atoms with Crippen molar-refractivity contribution >= 4 is 17.8 Å². The number of imide groups is 1. The summed E-state index contributed by atoms with van der Waals surface area (Å²) in [5.74, 6) is -0.803. The number of aryl methyl sites for hydroxylation is 1. The zero-order chi connectivity index (χ0) is 20.3. The van der Waals surface area contributed by atoms with Crippen molar-refractivity contribution in [2.45, 2.75) is 44.2 Å². The van der Waals surface area contributed by atoms with Crippen LogP contribution in [0.5, 0.6) is 0 Å². The summed E-state index contributed by atoms with van der Waals surface area (Å²) in [6.07, 6.45) is 4.82. The predicted molar refractivity (Wildman–Crippen MR) is 104 cm³/mol. The Kier molecular flexibility index (Phi) is 3.81. The zero-order valence-electron chi connectivity index (χ0n) is 16.1. The molecule has 2 heterocycles. The SMILES string of the molecule is C[C@@H](C1CC1)C(C(N)=O)N1C(=O)N[C@]2(CCc3cc(-c4ccn[nH]4)ccc32)C1=O. The average molecular weight is 393 g/mol. The van der Waals surface area contributed by atoms with Gasteiger partial charge in [-0.15, -0.1) is 0 Å². The number of nitrogens with zero attached hydrogens (tertiary/aromatic N) is 2. The van der Waals surface area contributed by atoms with Crippen LogP contribution in [0.2, 0.25) is 0 Å². The Balaban J connectivity index is 1.51. The molecule has 2 fully saturated rings. The van der Waals surface area contributed by atoms with Crippen LogP contribution in [0.15, 0.2) is 30.5 Å². The van der Waals surface area contributed by atoms with Gasteiger partial charge in [0.2, 0.25) is 5.91 Å². The summed E-state index contributed by atoms with van der Waals surface area (Å²) in [5.41, 5.74) is 8.20. The van der Waals surface area contributed by atoms with Crippen molar-refractivity contribution in [1.29, 1.82) is 0 Å². The van der Waals surface area contributed by atoms with Gasteiger partial charge in [-0.05, 0) is 66.3 Å². The van der Waals surface area contributed by atoms with Gasteiger partial charge >= 0.3 is 6.03 Å². The van der Waals surface area contributed by atoms with Gasteiger partial charge in [-0.3, -0.25) is 14.7 Å². The van der Waals surface area contributed by atoms with E-state index in [4.69, 9.17) is 5.73 Å². The molecular formula is C21H23N5O3. The number of carbonyl (C=O) groups excluding carboxylic acids is 3. The van der Waals surface area contributed by atoms with Crippen molar-refractivity contribution in [2.75, 3.05) is 0 Å². The highest BCUT2D eigenvalue weighted by molar-refractivity contribution is 6.10. The quantitative estimate of drug-likeness (QED) is 0.669. The van der Waals surface area contributed by atoms with Crippen molar-refractivity contribution < 1.29 is 14.4 Å². The van der Waals surface area contributed by atoms with E-state index in [-0.39, 0.29) is 11.8 Å². The molecule has 4 N–H and O–H groups in total. The van der Waals surface area contributed by atoms with Crippen LogP contribution < -0.4 is 11.1 Å². The smallest absolute Gasteiger partial charge is 0.326 e. The van der Waals surface area contributed by atoms with E-state index in [9.17, 15) is 14.4 Å². The van der Waals surface area contributed by atoms with Gasteiger partial charge in [0.05, 0.1) is 5.69 Å². The average Bonchev–Trinajstić information content (AvgIpc) is 3.19. The third kappa shape index (κ3) is 2.58. The third-order valence-electron chi connectivity index (χ3n) is 6.70. The second-order valence-electron chi connectivity index (χ2n) is 8.40. The number of amides is 4. The Hall–Kier alpha value is -3.16. The fraction of sp³-hybridized carbons (Fsp3) is 0.429. The van der Waals surface area contributed by atoms with Gasteiger partial charge in [0.1, 0.15) is 11.6 Å². The van der Waals surface area contributed by atoms with Crippen LogP contribution in [0.25, 0.3) is 11.3 Å². The van der Waals surface area contributed by atoms with Crippen LogP contribution in [-0.4, -0.2) is 39.0 Å². The number of nitrogens with two attached hydrogens (primary N) is 1. The summed E-state index contributed by atoms with van der Waals surface area (Å²) >= 11 is 0. The fourth-order valence-electron chi connectivity index (χ4n) is 4.96. The van der Waals surface area contributed by atoms with Gasteiger partial charge < -0.3 is 11.1 Å². The highest BCUT2D eigenvalue weighted by Crippen LogP contribution is 2.45. The molecule has 3 atom stereocenters. The largest absolute Gasteiger partial charge is 0.368 e. The van der Waals surface area contributed by atoms with E-state index in [1.807, 2.05) is 31.2 Å². The normalized spacial score (nSPS) is 25.2. The lowest BCUT2D eigenvalue weighted by Gasteiger charge is -2.29. The number of primary amides is 1. The number of benzene rings is 1. The molecule has 1 aromatic heterocycles. The fourth-order valence-corrected chi connectivity index (χ4v) is 4.96. The third-order valence-corrected chi connectivity index (χ3v) is 6.70. The Morgan fingerprint density at radius 1 is 1.31 bits per heavy atom. The first-order chi connectivity index (χ1) is 13.9. The molecule has 1 saturated heterocycles. The van der Waals surface area contributed by atoms with Crippen molar-refractivity contribution in [1.82, 2.24) is 20.4 Å². The van der Waals surface area contributed by atoms with E-state index < -0.39 is 23.5 Å². The highest BCUT2D eigenvalue weighted by Gasteiger charge is 2.59. The van der Waals surface area contributed by atoms with Crippen molar-refractivity contribution in [2.24, 2.45) is 17.6 Å². The number of hydrogen-bond acceptors (Lipinski definition) is 4. The van der Waals surface area contributed by atoms with E-state index in [0.717, 1.165) is 40.1 Å². The summed E-state index contributed by atoms with van der Waals surface area (Å²) in [5, 5.41) is 9.82. The number of H-pyrrole nitrogens is 1. The van der Waals surface area contributed by atoms with Crippen molar-refractivity contribution in [3.05, 3.63) is 41.6 Å². The van der Waals surface area contributed by atoms with Crippen LogP contribution >= 0.6 is 0 Å². The van der Waals surface area contributed by atoms with Crippen LogP contribution in [-0.2, 0) is 21.5 Å². The second-order valence-corrected chi connectivity index (χ2v) is 8.40. The number of aromatic nitrogens is 2. The highest BCUT2D eigenvalue weighted by atomic mass is 16.2. The van der Waals surface area contributed by atoms with E-state index in [1.54, 1.807) is 6.20 Å². The van der Waals surface area contributed by atoms with Gasteiger partial charge in [-0.25, -0.2) is 9.69 Å². The van der Waals surface area contributed by atoms with Crippen molar-refractivity contribution in [3.63, 3.8) is 0 Å². The van der Waals surface area contributed by atoms with Gasteiger partial charge in [0, 0.05) is 6.20 Å². The predicted octanol–water partition coefficient (Wildman–Crippen LogP) is 1.67. The summed E-state index contributed by atoms with van der Waals surface area (Å²) in [7, 11) is 0. The number of rotatable bonds is 5. The van der Waals surface area contributed by atoms with Gasteiger partial charge in [-0.1, -0.05) is 19.1 Å². The van der Waals surface area contributed by atoms with Crippen LogP contribution in [0, 0.1) is 11.8 Å². The number of urea groups is 1. The molecular weight excluding hydrogens is 370 g/mol. The second kappa shape index (κ2) is 6.17. The van der Waals surface area contributed by atoms with E-state index in [1.165, 1.54) is 0 Å². The standard InChI is InChI=1S/C21H23N5O3/c1-11(12-2-3-12)17(18(22)27)26-19(28)21(24-20(26)29)8-6-13-10-14(4-5-15(13)21)16-7-9-23-25-16/h4-5,7,9-12,17H,2-3,6,8H2,1H3,(H2,22,27)(H,23,25)(H,24,29)/t11-,17?,21-/m0/s1. The lowest BCUT2D eigenvalue weighted by Crippen LogP contribution is -2.53. The molecule has 0 bridgehead atoms. The molecule has 1 spiro atoms. The maximum absolute atomic E-state index is 13.5. The molecule has 1 aliphatic heterocycles. The Morgan fingerprint density at radius 2 is 2.10 bits per heavy atom. The summed E-state index contributed by atoms with van der Waals surface area (Å²) < 4.78 is 0. The molecule has 5 rings (SSSR count). The Labute approximate surface area is 167 Å². The van der Waals surface area contributed by atoms with E-state index >= 15 is 0 Å². The number of nitrogens with one attached hydrogen (secondary N) is 2. The molecule has 29 heavy (non-hydrogen) atoms. The molecule has 8 heteroatoms. The van der Waals surface area contributed by atoms with Gasteiger partial charge in [-0.2, -0.15) is 5.10 Å². The summed E-state index contributed by atoms with van der Waals surface area (Å²) in [6.45, 7) is 1.90. The molecule has 1 unspecified atom stereocenters.